The fourth-order valence-corrected chi connectivity index (χ4v) is 1.94. The minimum absolute atomic E-state index is 0.0589. The molecule has 1 heterocycles. The Kier molecular flexibility index (Phi) is 5.08. The van der Waals surface area contributed by atoms with Crippen LogP contribution in [0.4, 0.5) is 4.79 Å². The van der Waals surface area contributed by atoms with E-state index in [-0.39, 0.29) is 12.6 Å². The van der Waals surface area contributed by atoms with Gasteiger partial charge in [0.2, 0.25) is 5.91 Å². The van der Waals surface area contributed by atoms with Crippen LogP contribution in [0.2, 0.25) is 0 Å². The number of urea groups is 1. The van der Waals surface area contributed by atoms with E-state index in [0.29, 0.717) is 13.0 Å². The van der Waals surface area contributed by atoms with Gasteiger partial charge in [0.25, 0.3) is 0 Å². The SMILES string of the molecule is CC(C)NC(=O)NC(=O)CN1CCCC1C(=O)O. The summed E-state index contributed by atoms with van der Waals surface area (Å²) in [6.45, 7) is 4.06. The highest BCUT2D eigenvalue weighted by Gasteiger charge is 2.31. The van der Waals surface area contributed by atoms with Crippen molar-refractivity contribution in [3.63, 3.8) is 0 Å². The molecule has 3 amide bonds. The topological polar surface area (TPSA) is 98.7 Å². The summed E-state index contributed by atoms with van der Waals surface area (Å²) in [6, 6.07) is -1.23. The molecule has 0 spiro atoms. The Morgan fingerprint density at radius 2 is 2.06 bits per heavy atom. The number of hydrogen-bond donors (Lipinski definition) is 3. The maximum atomic E-state index is 11.6. The molecule has 1 aliphatic rings. The van der Waals surface area contributed by atoms with Crippen molar-refractivity contribution in [1.29, 1.82) is 0 Å². The lowest BCUT2D eigenvalue weighted by molar-refractivity contribution is -0.142. The van der Waals surface area contributed by atoms with Crippen molar-refractivity contribution < 1.29 is 19.5 Å². The van der Waals surface area contributed by atoms with Crippen LogP contribution in [0.25, 0.3) is 0 Å². The van der Waals surface area contributed by atoms with Gasteiger partial charge in [0.05, 0.1) is 6.54 Å². The predicted molar refractivity (Wildman–Crippen MR) is 64.0 cm³/mol. The molecule has 7 heteroatoms. The van der Waals surface area contributed by atoms with Gasteiger partial charge in [-0.3, -0.25) is 19.8 Å². The molecule has 0 saturated carbocycles. The lowest BCUT2D eigenvalue weighted by Crippen LogP contribution is -2.48. The molecule has 1 aliphatic heterocycles. The molecule has 0 aromatic heterocycles. The summed E-state index contributed by atoms with van der Waals surface area (Å²) >= 11 is 0. The zero-order chi connectivity index (χ0) is 13.7. The first-order valence-electron chi connectivity index (χ1n) is 5.97. The number of imide groups is 1. The third-order valence-corrected chi connectivity index (χ3v) is 2.67. The highest BCUT2D eigenvalue weighted by Crippen LogP contribution is 2.16. The van der Waals surface area contributed by atoms with Gasteiger partial charge in [-0.1, -0.05) is 0 Å². The molecule has 1 unspecified atom stereocenters. The monoisotopic (exact) mass is 257 g/mol. The molecule has 1 fully saturated rings. The molecule has 102 valence electrons. The van der Waals surface area contributed by atoms with Crippen molar-refractivity contribution in [1.82, 2.24) is 15.5 Å². The molecule has 1 atom stereocenters. The molecule has 3 N–H and O–H groups in total. The van der Waals surface area contributed by atoms with E-state index in [0.717, 1.165) is 6.42 Å². The van der Waals surface area contributed by atoms with Crippen LogP contribution in [0.15, 0.2) is 0 Å². The van der Waals surface area contributed by atoms with Crippen molar-refractivity contribution in [2.45, 2.75) is 38.8 Å². The van der Waals surface area contributed by atoms with Crippen LogP contribution >= 0.6 is 0 Å². The fraction of sp³-hybridized carbons (Fsp3) is 0.727. The van der Waals surface area contributed by atoms with Crippen LogP contribution in [-0.4, -0.2) is 53.1 Å². The van der Waals surface area contributed by atoms with Crippen molar-refractivity contribution in [3.8, 4) is 0 Å². The molecule has 0 aromatic carbocycles. The Balaban J connectivity index is 2.40. The first kappa shape index (κ1) is 14.4. The largest absolute Gasteiger partial charge is 0.480 e. The number of carboxylic acid groups (broad SMARTS) is 1. The molecule has 7 nitrogen and oxygen atoms in total. The number of carbonyl (C=O) groups is 3. The van der Waals surface area contributed by atoms with E-state index in [9.17, 15) is 14.4 Å². The molecule has 0 aromatic rings. The van der Waals surface area contributed by atoms with E-state index in [1.165, 1.54) is 0 Å². The van der Waals surface area contributed by atoms with E-state index in [1.54, 1.807) is 18.7 Å². The van der Waals surface area contributed by atoms with Crippen LogP contribution < -0.4 is 10.6 Å². The lowest BCUT2D eigenvalue weighted by Gasteiger charge is -2.20. The van der Waals surface area contributed by atoms with Crippen LogP contribution in [0.1, 0.15) is 26.7 Å². The Morgan fingerprint density at radius 3 is 2.61 bits per heavy atom. The minimum atomic E-state index is -0.924. The second kappa shape index (κ2) is 6.34. The van der Waals surface area contributed by atoms with Gasteiger partial charge < -0.3 is 10.4 Å². The second-order valence-electron chi connectivity index (χ2n) is 4.64. The summed E-state index contributed by atoms with van der Waals surface area (Å²) < 4.78 is 0. The number of amides is 3. The summed E-state index contributed by atoms with van der Waals surface area (Å²) in [5, 5.41) is 13.6. The molecular weight excluding hydrogens is 238 g/mol. The average Bonchev–Trinajstić information content (AvgIpc) is 2.63. The van der Waals surface area contributed by atoms with Gasteiger partial charge in [-0.25, -0.2) is 4.79 Å². The Morgan fingerprint density at radius 1 is 1.39 bits per heavy atom. The van der Waals surface area contributed by atoms with E-state index < -0.39 is 23.9 Å². The number of hydrogen-bond acceptors (Lipinski definition) is 4. The maximum Gasteiger partial charge on any atom is 0.321 e. The number of nitrogens with one attached hydrogen (secondary N) is 2. The van der Waals surface area contributed by atoms with E-state index in [4.69, 9.17) is 5.11 Å². The third-order valence-electron chi connectivity index (χ3n) is 2.67. The number of rotatable bonds is 4. The van der Waals surface area contributed by atoms with Crippen molar-refractivity contribution >= 4 is 17.9 Å². The standard InChI is InChI=1S/C11H19N3O4/c1-7(2)12-11(18)13-9(15)6-14-5-3-4-8(14)10(16)17/h7-8H,3-6H2,1-2H3,(H,16,17)(H2,12,13,15,18). The molecule has 0 aliphatic carbocycles. The molecule has 0 bridgehead atoms. The lowest BCUT2D eigenvalue weighted by atomic mass is 10.2. The maximum absolute atomic E-state index is 11.6. The summed E-state index contributed by atoms with van der Waals surface area (Å²) in [7, 11) is 0. The first-order valence-corrected chi connectivity index (χ1v) is 5.97. The highest BCUT2D eigenvalue weighted by molar-refractivity contribution is 5.95. The van der Waals surface area contributed by atoms with E-state index in [2.05, 4.69) is 10.6 Å². The van der Waals surface area contributed by atoms with Crippen molar-refractivity contribution in [2.24, 2.45) is 0 Å². The van der Waals surface area contributed by atoms with Gasteiger partial charge in [0.1, 0.15) is 6.04 Å². The van der Waals surface area contributed by atoms with Crippen LogP contribution in [0, 0.1) is 0 Å². The predicted octanol–water partition coefficient (Wildman–Crippen LogP) is -0.230. The van der Waals surface area contributed by atoms with Crippen LogP contribution in [-0.2, 0) is 9.59 Å². The van der Waals surface area contributed by atoms with Gasteiger partial charge in [0.15, 0.2) is 0 Å². The van der Waals surface area contributed by atoms with Gasteiger partial charge >= 0.3 is 12.0 Å². The third kappa shape index (κ3) is 4.33. The molecule has 1 rings (SSSR count). The van der Waals surface area contributed by atoms with Gasteiger partial charge in [-0.2, -0.15) is 0 Å². The molecular formula is C11H19N3O4. The number of aliphatic carboxylic acids is 1. The van der Waals surface area contributed by atoms with Gasteiger partial charge in [0, 0.05) is 6.04 Å². The summed E-state index contributed by atoms with van der Waals surface area (Å²) in [5.41, 5.74) is 0. The first-order chi connectivity index (χ1) is 8.40. The van der Waals surface area contributed by atoms with Gasteiger partial charge in [-0.15, -0.1) is 0 Å². The molecule has 1 saturated heterocycles. The van der Waals surface area contributed by atoms with Crippen LogP contribution in [0.5, 0.6) is 0 Å². The Bertz CT molecular complexity index is 343. The average molecular weight is 257 g/mol. The highest BCUT2D eigenvalue weighted by atomic mass is 16.4. The quantitative estimate of drug-likeness (QED) is 0.646. The summed E-state index contributed by atoms with van der Waals surface area (Å²) in [6.07, 6.45) is 1.29. The zero-order valence-electron chi connectivity index (χ0n) is 10.6. The fourth-order valence-electron chi connectivity index (χ4n) is 1.94. The van der Waals surface area contributed by atoms with Gasteiger partial charge in [-0.05, 0) is 33.2 Å². The number of carboxylic acids is 1. The van der Waals surface area contributed by atoms with Crippen molar-refractivity contribution in [2.75, 3.05) is 13.1 Å². The smallest absolute Gasteiger partial charge is 0.321 e. The number of nitrogens with zero attached hydrogens (tertiary/aromatic N) is 1. The Labute approximate surface area is 106 Å². The van der Waals surface area contributed by atoms with E-state index >= 15 is 0 Å². The second-order valence-corrected chi connectivity index (χ2v) is 4.64. The van der Waals surface area contributed by atoms with E-state index in [1.807, 2.05) is 0 Å². The zero-order valence-corrected chi connectivity index (χ0v) is 10.6. The normalized spacial score (nSPS) is 19.8. The molecule has 0 radical (unpaired) electrons. The Hall–Kier alpha value is -1.63. The molecule has 18 heavy (non-hydrogen) atoms. The summed E-state index contributed by atoms with van der Waals surface area (Å²) in [5.74, 6) is -1.41. The minimum Gasteiger partial charge on any atom is -0.480 e. The summed E-state index contributed by atoms with van der Waals surface area (Å²) in [4.78, 5) is 35.3. The van der Waals surface area contributed by atoms with Crippen molar-refractivity contribution in [3.05, 3.63) is 0 Å². The number of likely N-dealkylation sites (tertiary alicyclic amines) is 1. The van der Waals surface area contributed by atoms with Crippen LogP contribution in [0.3, 0.4) is 0 Å². The number of carbonyl (C=O) groups excluding carboxylic acids is 2.